The van der Waals surface area contributed by atoms with Crippen molar-refractivity contribution in [2.45, 2.75) is 0 Å². The van der Waals surface area contributed by atoms with E-state index in [-0.39, 0.29) is 0 Å². The summed E-state index contributed by atoms with van der Waals surface area (Å²) in [5, 5.41) is 4.40. The van der Waals surface area contributed by atoms with E-state index in [1.165, 1.54) is 16.5 Å². The van der Waals surface area contributed by atoms with E-state index < -0.39 is 0 Å². The molecule has 9 aromatic carbocycles. The van der Waals surface area contributed by atoms with Gasteiger partial charge in [0.1, 0.15) is 5.58 Å². The first kappa shape index (κ1) is 35.5. The number of benzene rings is 9. The van der Waals surface area contributed by atoms with Gasteiger partial charge in [-0.25, -0.2) is 15.0 Å². The van der Waals surface area contributed by atoms with Gasteiger partial charge in [0.2, 0.25) is 0 Å². The van der Waals surface area contributed by atoms with Gasteiger partial charge >= 0.3 is 0 Å². The summed E-state index contributed by atoms with van der Waals surface area (Å²) in [6, 6.07) is 76.2. The summed E-state index contributed by atoms with van der Waals surface area (Å²) in [6.07, 6.45) is 0. The lowest BCUT2D eigenvalue weighted by molar-refractivity contribution is 0.671. The van der Waals surface area contributed by atoms with Gasteiger partial charge in [-0.2, -0.15) is 0 Å². The number of nitrogens with zero attached hydrogens (tertiary/aromatic N) is 4. The Morgan fingerprint density at radius 2 is 0.758 bits per heavy atom. The third kappa shape index (κ3) is 6.14. The zero-order chi connectivity index (χ0) is 41.0. The van der Waals surface area contributed by atoms with Crippen molar-refractivity contribution < 1.29 is 4.42 Å². The molecule has 0 N–H and O–H groups in total. The lowest BCUT2D eigenvalue weighted by Gasteiger charge is -2.10. The number of aromatic nitrogens is 4. The summed E-state index contributed by atoms with van der Waals surface area (Å²) in [7, 11) is 0. The van der Waals surface area contributed by atoms with Crippen LogP contribution in [-0.4, -0.2) is 19.5 Å². The van der Waals surface area contributed by atoms with E-state index in [9.17, 15) is 0 Å². The average Bonchev–Trinajstić information content (AvgIpc) is 3.90. The highest BCUT2D eigenvalue weighted by atomic mass is 16.3. The van der Waals surface area contributed by atoms with Crippen LogP contribution in [0.4, 0.5) is 0 Å². The van der Waals surface area contributed by atoms with E-state index in [2.05, 4.69) is 205 Å². The van der Waals surface area contributed by atoms with Crippen LogP contribution in [0.25, 0.3) is 117 Å². The van der Waals surface area contributed by atoms with Crippen LogP contribution in [0.15, 0.2) is 223 Å². The van der Waals surface area contributed by atoms with Gasteiger partial charge in [0.15, 0.2) is 23.1 Å². The normalized spacial score (nSPS) is 11.5. The molecule has 290 valence electrons. The van der Waals surface area contributed by atoms with Gasteiger partial charge in [-0.05, 0) is 75.8 Å². The number of furan rings is 1. The van der Waals surface area contributed by atoms with Crippen LogP contribution in [0.1, 0.15) is 0 Å². The zero-order valence-corrected chi connectivity index (χ0v) is 33.5. The number of hydrogen-bond acceptors (Lipinski definition) is 4. The zero-order valence-electron chi connectivity index (χ0n) is 33.5. The Kier molecular flexibility index (Phi) is 8.42. The molecule has 3 heterocycles. The van der Waals surface area contributed by atoms with Crippen molar-refractivity contribution in [3.8, 4) is 73.2 Å². The molecule has 0 aliphatic carbocycles. The Hall–Kier alpha value is -8.41. The van der Waals surface area contributed by atoms with Crippen molar-refractivity contribution in [2.24, 2.45) is 0 Å². The van der Waals surface area contributed by atoms with Crippen LogP contribution >= 0.6 is 0 Å². The molecule has 12 aromatic rings. The maximum absolute atomic E-state index is 6.97. The molecule has 0 atom stereocenters. The standard InChI is InChI=1S/C57H36N4O/c1-4-13-37(14-5-1)40-23-25-42(26-24-40)55-58-56(44-20-12-19-43(35-44)39-17-8-3-9-18-39)60-57(59-55)45-29-32-48-50-34-33-49-47-21-10-11-22-51(47)61(53(49)54(50)62-52(48)36-45)46-30-27-41(28-31-46)38-15-6-2-7-16-38/h1-36H. The molecule has 5 nitrogen and oxygen atoms in total. The lowest BCUT2D eigenvalue weighted by Crippen LogP contribution is -2.00. The SMILES string of the molecule is c1ccc(-c2ccc(-c3nc(-c4cccc(-c5ccccc5)c4)nc(-c4ccc5c(c4)oc4c5ccc5c6ccccc6n(-c6ccc(-c7ccccc7)cc6)c54)n3)cc2)cc1. The number of hydrogen-bond donors (Lipinski definition) is 0. The van der Waals surface area contributed by atoms with Gasteiger partial charge in [-0.1, -0.05) is 176 Å². The van der Waals surface area contributed by atoms with E-state index in [1.807, 2.05) is 18.2 Å². The molecule has 0 bridgehead atoms. The fraction of sp³-hybridized carbons (Fsp3) is 0. The fourth-order valence-corrected chi connectivity index (χ4v) is 8.80. The van der Waals surface area contributed by atoms with Crippen LogP contribution in [-0.2, 0) is 0 Å². The second-order valence-electron chi connectivity index (χ2n) is 15.6. The van der Waals surface area contributed by atoms with Crippen molar-refractivity contribution in [3.63, 3.8) is 0 Å². The lowest BCUT2D eigenvalue weighted by atomic mass is 10.0. The third-order valence-electron chi connectivity index (χ3n) is 11.9. The Balaban J connectivity index is 1.01. The van der Waals surface area contributed by atoms with E-state index in [0.29, 0.717) is 17.5 Å². The van der Waals surface area contributed by atoms with Gasteiger partial charge in [-0.15, -0.1) is 0 Å². The Morgan fingerprint density at radius 3 is 1.42 bits per heavy atom. The van der Waals surface area contributed by atoms with Crippen molar-refractivity contribution in [1.29, 1.82) is 0 Å². The van der Waals surface area contributed by atoms with E-state index >= 15 is 0 Å². The Bertz CT molecular complexity index is 3590. The highest BCUT2D eigenvalue weighted by Gasteiger charge is 2.20. The number of fused-ring (bicyclic) bond motifs is 7. The van der Waals surface area contributed by atoms with Crippen LogP contribution in [0.5, 0.6) is 0 Å². The number of para-hydroxylation sites is 1. The first-order chi connectivity index (χ1) is 30.7. The van der Waals surface area contributed by atoms with Crippen LogP contribution in [0.3, 0.4) is 0 Å². The van der Waals surface area contributed by atoms with Gasteiger partial charge in [-0.3, -0.25) is 0 Å². The summed E-state index contributed by atoms with van der Waals surface area (Å²) in [6.45, 7) is 0. The van der Waals surface area contributed by atoms with E-state index in [0.717, 1.165) is 83.0 Å². The topological polar surface area (TPSA) is 56.7 Å². The molecule has 3 aromatic heterocycles. The van der Waals surface area contributed by atoms with Crippen LogP contribution < -0.4 is 0 Å². The molecule has 5 heteroatoms. The Labute approximate surface area is 357 Å². The second-order valence-corrected chi connectivity index (χ2v) is 15.6. The van der Waals surface area contributed by atoms with Gasteiger partial charge < -0.3 is 8.98 Å². The molecule has 0 saturated heterocycles. The molecule has 0 fully saturated rings. The Morgan fingerprint density at radius 1 is 0.306 bits per heavy atom. The van der Waals surface area contributed by atoms with Gasteiger partial charge in [0, 0.05) is 43.9 Å². The maximum atomic E-state index is 6.97. The molecule has 12 rings (SSSR count). The third-order valence-corrected chi connectivity index (χ3v) is 11.9. The monoisotopic (exact) mass is 792 g/mol. The van der Waals surface area contributed by atoms with Crippen molar-refractivity contribution >= 4 is 43.7 Å². The predicted octanol–water partition coefficient (Wildman–Crippen LogP) is 14.9. The minimum absolute atomic E-state index is 0.572. The van der Waals surface area contributed by atoms with Crippen LogP contribution in [0, 0.1) is 0 Å². The van der Waals surface area contributed by atoms with E-state index in [1.54, 1.807) is 0 Å². The predicted molar refractivity (Wildman–Crippen MR) is 254 cm³/mol. The quantitative estimate of drug-likeness (QED) is 0.161. The van der Waals surface area contributed by atoms with Crippen molar-refractivity contribution in [3.05, 3.63) is 218 Å². The van der Waals surface area contributed by atoms with Crippen LogP contribution in [0.2, 0.25) is 0 Å². The first-order valence-corrected chi connectivity index (χ1v) is 20.8. The highest BCUT2D eigenvalue weighted by molar-refractivity contribution is 6.21. The average molecular weight is 793 g/mol. The minimum atomic E-state index is 0.572. The molecule has 0 aliphatic rings. The maximum Gasteiger partial charge on any atom is 0.164 e. The molecule has 0 spiro atoms. The van der Waals surface area contributed by atoms with Gasteiger partial charge in [0.25, 0.3) is 0 Å². The molecule has 0 saturated carbocycles. The molecule has 0 amide bonds. The summed E-state index contributed by atoms with van der Waals surface area (Å²) in [5.41, 5.74) is 14.4. The summed E-state index contributed by atoms with van der Waals surface area (Å²) in [5.74, 6) is 1.77. The molecular formula is C57H36N4O. The number of rotatable bonds is 7. The highest BCUT2D eigenvalue weighted by Crippen LogP contribution is 2.41. The first-order valence-electron chi connectivity index (χ1n) is 20.8. The summed E-state index contributed by atoms with van der Waals surface area (Å²) < 4.78 is 9.31. The summed E-state index contributed by atoms with van der Waals surface area (Å²) in [4.78, 5) is 15.4. The fourth-order valence-electron chi connectivity index (χ4n) is 8.80. The molecular weight excluding hydrogens is 757 g/mol. The van der Waals surface area contributed by atoms with Gasteiger partial charge in [0.05, 0.1) is 11.0 Å². The largest absolute Gasteiger partial charge is 0.454 e. The van der Waals surface area contributed by atoms with E-state index in [4.69, 9.17) is 19.4 Å². The molecule has 0 radical (unpaired) electrons. The molecule has 0 aliphatic heterocycles. The summed E-state index contributed by atoms with van der Waals surface area (Å²) >= 11 is 0. The van der Waals surface area contributed by atoms with Crippen molar-refractivity contribution in [2.75, 3.05) is 0 Å². The molecule has 62 heavy (non-hydrogen) atoms. The van der Waals surface area contributed by atoms with Crippen molar-refractivity contribution in [1.82, 2.24) is 19.5 Å². The smallest absolute Gasteiger partial charge is 0.164 e. The second kappa shape index (κ2) is 14.7. The molecule has 0 unspecified atom stereocenters. The minimum Gasteiger partial charge on any atom is -0.454 e.